The van der Waals surface area contributed by atoms with Crippen LogP contribution in [0.1, 0.15) is 17.3 Å². The minimum Gasteiger partial charge on any atom is -0.465 e. The Labute approximate surface area is 93.6 Å². The molecule has 0 heterocycles. The fourth-order valence-corrected chi connectivity index (χ4v) is 0.989. The highest BCUT2D eigenvalue weighted by molar-refractivity contribution is 5.93. The van der Waals surface area contributed by atoms with Crippen LogP contribution in [0.4, 0.5) is 0 Å². The van der Waals surface area contributed by atoms with Crippen molar-refractivity contribution >= 4 is 24.3 Å². The van der Waals surface area contributed by atoms with E-state index >= 15 is 0 Å². The largest absolute Gasteiger partial charge is 0.465 e. The molecule has 0 saturated heterocycles. The molecule has 1 rings (SSSR count). The molecule has 4 nitrogen and oxygen atoms in total. The Morgan fingerprint density at radius 3 is 2.33 bits per heavy atom. The molecule has 0 spiro atoms. The maximum absolute atomic E-state index is 11.2. The summed E-state index contributed by atoms with van der Waals surface area (Å²) in [5.74, 6) is -0.782. The Morgan fingerprint density at radius 2 is 1.80 bits per heavy atom. The standard InChI is InChI=1S/C10H10O4.ClH/c1-7(11)14-9-6-4-3-5-8(9)10(12)13-2;/h3-6H,1-2H3;1H. The number of carbonyl (C=O) groups excluding carboxylic acids is 2. The number of halogens is 1. The number of methoxy groups -OCH3 is 1. The predicted octanol–water partition coefficient (Wildman–Crippen LogP) is 1.82. The molecule has 1 aromatic carbocycles. The number of benzene rings is 1. The molecule has 82 valence electrons. The van der Waals surface area contributed by atoms with Crippen molar-refractivity contribution in [1.29, 1.82) is 0 Å². The van der Waals surface area contributed by atoms with E-state index in [1.54, 1.807) is 12.1 Å². The van der Waals surface area contributed by atoms with E-state index in [4.69, 9.17) is 4.74 Å². The number of ether oxygens (including phenoxy) is 2. The van der Waals surface area contributed by atoms with Gasteiger partial charge in [0.25, 0.3) is 0 Å². The molecule has 0 radical (unpaired) electrons. The lowest BCUT2D eigenvalue weighted by atomic mass is 10.2. The smallest absolute Gasteiger partial charge is 0.341 e. The van der Waals surface area contributed by atoms with Crippen LogP contribution in [0.3, 0.4) is 0 Å². The number of carbonyl (C=O) groups is 2. The van der Waals surface area contributed by atoms with Crippen LogP contribution in [0.15, 0.2) is 24.3 Å². The maximum Gasteiger partial charge on any atom is 0.341 e. The monoisotopic (exact) mass is 230 g/mol. The maximum atomic E-state index is 11.2. The second-order valence-electron chi connectivity index (χ2n) is 2.58. The Morgan fingerprint density at radius 1 is 1.20 bits per heavy atom. The van der Waals surface area contributed by atoms with Crippen molar-refractivity contribution in [3.05, 3.63) is 29.8 Å². The van der Waals surface area contributed by atoms with E-state index in [1.165, 1.54) is 26.2 Å². The number of hydrogen-bond donors (Lipinski definition) is 0. The SMILES string of the molecule is COC(=O)c1ccccc1OC(C)=O.Cl. The van der Waals surface area contributed by atoms with Gasteiger partial charge in [0.2, 0.25) is 0 Å². The first-order chi connectivity index (χ1) is 6.65. The molecule has 0 aliphatic heterocycles. The summed E-state index contributed by atoms with van der Waals surface area (Å²) >= 11 is 0. The quantitative estimate of drug-likeness (QED) is 0.575. The summed E-state index contributed by atoms with van der Waals surface area (Å²) in [5.41, 5.74) is 0.241. The Bertz CT molecular complexity index is 362. The van der Waals surface area contributed by atoms with E-state index in [0.717, 1.165) is 0 Å². The number of hydrogen-bond acceptors (Lipinski definition) is 4. The van der Waals surface area contributed by atoms with E-state index in [0.29, 0.717) is 0 Å². The van der Waals surface area contributed by atoms with Gasteiger partial charge in [0.05, 0.1) is 7.11 Å². The van der Waals surface area contributed by atoms with Crippen LogP contribution >= 0.6 is 12.4 Å². The van der Waals surface area contributed by atoms with Crippen molar-refractivity contribution in [2.45, 2.75) is 6.92 Å². The molecular formula is C10H11ClO4. The first kappa shape index (κ1) is 13.4. The second kappa shape index (κ2) is 6.03. The normalized spacial score (nSPS) is 8.67. The average molecular weight is 231 g/mol. The third-order valence-electron chi connectivity index (χ3n) is 1.55. The summed E-state index contributed by atoms with van der Waals surface area (Å²) in [5, 5.41) is 0. The molecule has 0 saturated carbocycles. The molecule has 0 atom stereocenters. The third-order valence-corrected chi connectivity index (χ3v) is 1.55. The highest BCUT2D eigenvalue weighted by Gasteiger charge is 2.12. The molecule has 0 amide bonds. The van der Waals surface area contributed by atoms with Crippen molar-refractivity contribution < 1.29 is 19.1 Å². The van der Waals surface area contributed by atoms with E-state index in [-0.39, 0.29) is 23.7 Å². The zero-order valence-electron chi connectivity index (χ0n) is 8.35. The van der Waals surface area contributed by atoms with Gasteiger partial charge in [-0.05, 0) is 12.1 Å². The van der Waals surface area contributed by atoms with Crippen LogP contribution in [0.5, 0.6) is 5.75 Å². The van der Waals surface area contributed by atoms with Gasteiger partial charge in [-0.2, -0.15) is 0 Å². The molecule has 1 aromatic rings. The highest BCUT2D eigenvalue weighted by atomic mass is 35.5. The van der Waals surface area contributed by atoms with E-state index in [1.807, 2.05) is 0 Å². The van der Waals surface area contributed by atoms with Crippen LogP contribution < -0.4 is 4.74 Å². The molecule has 0 fully saturated rings. The van der Waals surface area contributed by atoms with E-state index in [9.17, 15) is 9.59 Å². The lowest BCUT2D eigenvalue weighted by Gasteiger charge is -2.05. The predicted molar refractivity (Wildman–Crippen MR) is 56.3 cm³/mol. The molecule has 15 heavy (non-hydrogen) atoms. The fraction of sp³-hybridized carbons (Fsp3) is 0.200. The van der Waals surface area contributed by atoms with Gasteiger partial charge in [-0.3, -0.25) is 4.79 Å². The van der Waals surface area contributed by atoms with E-state index in [2.05, 4.69) is 4.74 Å². The zero-order valence-corrected chi connectivity index (χ0v) is 9.17. The molecule has 0 N–H and O–H groups in total. The Hall–Kier alpha value is -1.55. The van der Waals surface area contributed by atoms with Crippen molar-refractivity contribution in [2.24, 2.45) is 0 Å². The van der Waals surface area contributed by atoms with Crippen LogP contribution in [0.2, 0.25) is 0 Å². The third kappa shape index (κ3) is 3.59. The second-order valence-corrected chi connectivity index (χ2v) is 2.58. The van der Waals surface area contributed by atoms with Crippen molar-refractivity contribution in [3.63, 3.8) is 0 Å². The van der Waals surface area contributed by atoms with Crippen molar-refractivity contribution in [2.75, 3.05) is 7.11 Å². The van der Waals surface area contributed by atoms with Crippen LogP contribution in [0, 0.1) is 0 Å². The van der Waals surface area contributed by atoms with Gasteiger partial charge in [-0.15, -0.1) is 12.4 Å². The van der Waals surface area contributed by atoms with E-state index < -0.39 is 11.9 Å². The summed E-state index contributed by atoms with van der Waals surface area (Å²) in [6, 6.07) is 6.40. The van der Waals surface area contributed by atoms with Gasteiger partial charge in [0.1, 0.15) is 11.3 Å². The number of rotatable bonds is 2. The van der Waals surface area contributed by atoms with Gasteiger partial charge >= 0.3 is 11.9 Å². The Balaban J connectivity index is 0.00000196. The molecular weight excluding hydrogens is 220 g/mol. The van der Waals surface area contributed by atoms with Gasteiger partial charge in [0, 0.05) is 6.92 Å². The van der Waals surface area contributed by atoms with Gasteiger partial charge in [-0.1, -0.05) is 12.1 Å². The summed E-state index contributed by atoms with van der Waals surface area (Å²) in [6.07, 6.45) is 0. The summed E-state index contributed by atoms with van der Waals surface area (Å²) in [4.78, 5) is 21.9. The first-order valence-corrected chi connectivity index (χ1v) is 4.01. The topological polar surface area (TPSA) is 52.6 Å². The fourth-order valence-electron chi connectivity index (χ4n) is 0.989. The summed E-state index contributed by atoms with van der Waals surface area (Å²) in [6.45, 7) is 1.27. The van der Waals surface area contributed by atoms with Crippen LogP contribution in [0.25, 0.3) is 0 Å². The van der Waals surface area contributed by atoms with Gasteiger partial charge in [0.15, 0.2) is 0 Å². The summed E-state index contributed by atoms with van der Waals surface area (Å²) < 4.78 is 9.36. The molecule has 0 aliphatic carbocycles. The Kier molecular flexibility index (Phi) is 5.41. The lowest BCUT2D eigenvalue weighted by Crippen LogP contribution is -2.08. The minimum absolute atomic E-state index is 0. The zero-order chi connectivity index (χ0) is 10.6. The summed E-state index contributed by atoms with van der Waals surface area (Å²) in [7, 11) is 1.27. The lowest BCUT2D eigenvalue weighted by molar-refractivity contribution is -0.131. The van der Waals surface area contributed by atoms with Crippen molar-refractivity contribution in [3.8, 4) is 5.75 Å². The highest BCUT2D eigenvalue weighted by Crippen LogP contribution is 2.18. The average Bonchev–Trinajstić information content (AvgIpc) is 2.16. The molecule has 0 aliphatic rings. The van der Waals surface area contributed by atoms with Crippen LogP contribution in [-0.2, 0) is 9.53 Å². The molecule has 0 unspecified atom stereocenters. The first-order valence-electron chi connectivity index (χ1n) is 4.01. The molecule has 0 aromatic heterocycles. The van der Waals surface area contributed by atoms with Crippen molar-refractivity contribution in [1.82, 2.24) is 0 Å². The minimum atomic E-state index is -0.526. The molecule has 5 heteroatoms. The van der Waals surface area contributed by atoms with Gasteiger partial charge < -0.3 is 9.47 Å². The number of para-hydroxylation sites is 1. The molecule has 0 bridgehead atoms. The van der Waals surface area contributed by atoms with Crippen LogP contribution in [-0.4, -0.2) is 19.0 Å². The van der Waals surface area contributed by atoms with Gasteiger partial charge in [-0.25, -0.2) is 4.79 Å². The number of esters is 2.